The van der Waals surface area contributed by atoms with E-state index < -0.39 is 16.9 Å². The Morgan fingerprint density at radius 2 is 2.00 bits per heavy atom. The Labute approximate surface area is 175 Å². The van der Waals surface area contributed by atoms with Crippen molar-refractivity contribution >= 4 is 40.9 Å². The quantitative estimate of drug-likeness (QED) is 0.444. The number of aryl methyl sites for hydroxylation is 1. The van der Waals surface area contributed by atoms with Gasteiger partial charge in [0.15, 0.2) is 6.04 Å². The maximum Gasteiger partial charge on any atom is 0.390 e. The monoisotopic (exact) mass is 437 g/mol. The maximum absolute atomic E-state index is 12.7. The van der Waals surface area contributed by atoms with Gasteiger partial charge in [0.2, 0.25) is 5.95 Å². The first-order valence-corrected chi connectivity index (χ1v) is 9.39. The number of hydrogen-bond donors (Lipinski definition) is 1. The number of hydrogen-bond acceptors (Lipinski definition) is 6. The van der Waals surface area contributed by atoms with E-state index in [0.29, 0.717) is 27.7 Å². The molecule has 1 N–H and O–H groups in total. The largest absolute Gasteiger partial charge is 0.390 e. The average Bonchev–Trinajstić information content (AvgIpc) is 3.26. The maximum atomic E-state index is 12.7. The van der Waals surface area contributed by atoms with E-state index in [1.54, 1.807) is 32.0 Å². The summed E-state index contributed by atoms with van der Waals surface area (Å²) in [5, 5.41) is 22.7. The number of aromatic nitrogens is 5. The van der Waals surface area contributed by atoms with Gasteiger partial charge >= 0.3 is 5.82 Å². The molecule has 0 aliphatic rings. The van der Waals surface area contributed by atoms with Crippen molar-refractivity contribution in [2.75, 3.05) is 5.32 Å². The summed E-state index contributed by atoms with van der Waals surface area (Å²) in [6.45, 7) is 3.71. The highest BCUT2D eigenvalue weighted by atomic mass is 35.5. The molecule has 1 aromatic carbocycles. The van der Waals surface area contributed by atoms with E-state index in [1.807, 2.05) is 0 Å². The number of nitro groups is 1. The van der Waals surface area contributed by atoms with Crippen LogP contribution in [0.15, 0.2) is 30.6 Å². The number of anilines is 1. The van der Waals surface area contributed by atoms with Crippen LogP contribution in [-0.2, 0) is 11.3 Å². The first kappa shape index (κ1) is 20.7. The van der Waals surface area contributed by atoms with Crippen LogP contribution in [-0.4, -0.2) is 35.4 Å². The standard InChI is InChI=1S/C17H17Cl2N7O3/c1-3-14(25-10(2)7-15(22-25)26(28)29)16(27)21-17-20-9-24(23-17)8-11-12(18)5-4-6-13(11)19/h4-7,9,14H,3,8H2,1-2H3,(H,21,23,27). The van der Waals surface area contributed by atoms with E-state index in [1.165, 1.54) is 21.8 Å². The molecule has 1 unspecified atom stereocenters. The molecule has 0 bridgehead atoms. The van der Waals surface area contributed by atoms with Gasteiger partial charge in [-0.15, -0.1) is 5.10 Å². The van der Waals surface area contributed by atoms with Crippen molar-refractivity contribution in [1.29, 1.82) is 0 Å². The highest BCUT2D eigenvalue weighted by molar-refractivity contribution is 6.35. The first-order valence-electron chi connectivity index (χ1n) is 8.64. The van der Waals surface area contributed by atoms with Crippen LogP contribution in [0.2, 0.25) is 10.0 Å². The molecule has 0 radical (unpaired) electrons. The molecule has 0 fully saturated rings. The number of nitrogens with zero attached hydrogens (tertiary/aromatic N) is 6. The van der Waals surface area contributed by atoms with E-state index in [9.17, 15) is 14.9 Å². The lowest BCUT2D eigenvalue weighted by Crippen LogP contribution is -2.27. The van der Waals surface area contributed by atoms with Gasteiger partial charge < -0.3 is 10.1 Å². The molecular weight excluding hydrogens is 421 g/mol. The van der Waals surface area contributed by atoms with Crippen LogP contribution in [0.5, 0.6) is 0 Å². The Morgan fingerprint density at radius 3 is 2.59 bits per heavy atom. The lowest BCUT2D eigenvalue weighted by molar-refractivity contribution is -0.389. The third kappa shape index (κ3) is 4.54. The Bertz CT molecular complexity index is 1040. The van der Waals surface area contributed by atoms with Gasteiger partial charge in [-0.2, -0.15) is 4.68 Å². The fourth-order valence-electron chi connectivity index (χ4n) is 2.81. The molecule has 29 heavy (non-hydrogen) atoms. The number of benzene rings is 1. The van der Waals surface area contributed by atoms with Crippen molar-refractivity contribution in [3.05, 3.63) is 62.0 Å². The molecule has 0 saturated heterocycles. The van der Waals surface area contributed by atoms with Crippen molar-refractivity contribution in [2.45, 2.75) is 32.9 Å². The fourth-order valence-corrected chi connectivity index (χ4v) is 3.33. The second kappa shape index (κ2) is 8.58. The lowest BCUT2D eigenvalue weighted by Gasteiger charge is -2.12. The molecule has 0 saturated carbocycles. The zero-order valence-electron chi connectivity index (χ0n) is 15.5. The summed E-state index contributed by atoms with van der Waals surface area (Å²) in [5.74, 6) is -0.647. The molecule has 152 valence electrons. The van der Waals surface area contributed by atoms with Gasteiger partial charge in [0.1, 0.15) is 6.33 Å². The van der Waals surface area contributed by atoms with Crippen LogP contribution in [0.1, 0.15) is 30.6 Å². The van der Waals surface area contributed by atoms with Crippen molar-refractivity contribution in [2.24, 2.45) is 0 Å². The lowest BCUT2D eigenvalue weighted by atomic mass is 10.2. The van der Waals surface area contributed by atoms with Crippen LogP contribution in [0.4, 0.5) is 11.8 Å². The first-order chi connectivity index (χ1) is 13.8. The second-order valence-corrected chi connectivity index (χ2v) is 7.04. The van der Waals surface area contributed by atoms with Crippen molar-refractivity contribution in [3.63, 3.8) is 0 Å². The van der Waals surface area contributed by atoms with Crippen LogP contribution in [0.25, 0.3) is 0 Å². The minimum Gasteiger partial charge on any atom is -0.358 e. The Balaban J connectivity index is 1.74. The van der Waals surface area contributed by atoms with E-state index in [0.717, 1.165) is 0 Å². The number of halogens is 2. The molecule has 12 heteroatoms. The zero-order chi connectivity index (χ0) is 21.1. The third-order valence-corrected chi connectivity index (χ3v) is 4.94. The molecule has 0 aliphatic carbocycles. The van der Waals surface area contributed by atoms with Gasteiger partial charge in [-0.05, 0) is 30.4 Å². The molecule has 1 atom stereocenters. The topological polar surface area (TPSA) is 121 Å². The third-order valence-electron chi connectivity index (χ3n) is 4.23. The summed E-state index contributed by atoms with van der Waals surface area (Å²) in [6, 6.07) is 5.76. The molecule has 10 nitrogen and oxygen atoms in total. The van der Waals surface area contributed by atoms with E-state index >= 15 is 0 Å². The van der Waals surface area contributed by atoms with E-state index in [-0.39, 0.29) is 18.3 Å². The number of carbonyl (C=O) groups is 1. The summed E-state index contributed by atoms with van der Waals surface area (Å²) in [6.07, 6.45) is 1.82. The van der Waals surface area contributed by atoms with Crippen LogP contribution in [0, 0.1) is 17.0 Å². The second-order valence-electron chi connectivity index (χ2n) is 6.22. The number of amides is 1. The normalized spacial score (nSPS) is 12.0. The number of carbonyl (C=O) groups excluding carboxylic acids is 1. The minimum absolute atomic E-state index is 0.0935. The minimum atomic E-state index is -0.742. The summed E-state index contributed by atoms with van der Waals surface area (Å²) >= 11 is 12.3. The van der Waals surface area contributed by atoms with E-state index in [4.69, 9.17) is 23.2 Å². The Morgan fingerprint density at radius 1 is 1.31 bits per heavy atom. The molecule has 2 heterocycles. The Kier molecular flexibility index (Phi) is 6.14. The van der Waals surface area contributed by atoms with Gasteiger partial charge in [0, 0.05) is 15.6 Å². The summed E-state index contributed by atoms with van der Waals surface area (Å²) < 4.78 is 2.82. The predicted octanol–water partition coefficient (Wildman–Crippen LogP) is 3.64. The van der Waals surface area contributed by atoms with Gasteiger partial charge in [0.05, 0.1) is 23.4 Å². The van der Waals surface area contributed by atoms with Crippen LogP contribution < -0.4 is 5.32 Å². The highest BCUT2D eigenvalue weighted by Crippen LogP contribution is 2.25. The van der Waals surface area contributed by atoms with Crippen LogP contribution in [0.3, 0.4) is 0 Å². The molecule has 0 aliphatic heterocycles. The van der Waals surface area contributed by atoms with Crippen LogP contribution >= 0.6 is 23.2 Å². The average molecular weight is 438 g/mol. The zero-order valence-corrected chi connectivity index (χ0v) is 17.1. The molecular formula is C17H17Cl2N7O3. The number of nitrogens with one attached hydrogen (secondary N) is 1. The van der Waals surface area contributed by atoms with E-state index in [2.05, 4.69) is 20.5 Å². The summed E-state index contributed by atoms with van der Waals surface area (Å²) in [5.41, 5.74) is 1.19. The summed E-state index contributed by atoms with van der Waals surface area (Å²) in [7, 11) is 0. The molecule has 2 aromatic heterocycles. The Hall–Kier alpha value is -2.98. The predicted molar refractivity (Wildman–Crippen MR) is 107 cm³/mol. The highest BCUT2D eigenvalue weighted by Gasteiger charge is 2.27. The molecule has 1 amide bonds. The smallest absolute Gasteiger partial charge is 0.358 e. The fraction of sp³-hybridized carbons (Fsp3) is 0.294. The summed E-state index contributed by atoms with van der Waals surface area (Å²) in [4.78, 5) is 27.1. The molecule has 0 spiro atoms. The van der Waals surface area contributed by atoms with Crippen molar-refractivity contribution in [3.8, 4) is 0 Å². The van der Waals surface area contributed by atoms with Crippen molar-refractivity contribution < 1.29 is 9.72 Å². The van der Waals surface area contributed by atoms with Gasteiger partial charge in [-0.3, -0.25) is 10.1 Å². The van der Waals surface area contributed by atoms with Gasteiger partial charge in [-0.25, -0.2) is 9.67 Å². The van der Waals surface area contributed by atoms with Gasteiger partial charge in [-0.1, -0.05) is 36.2 Å². The van der Waals surface area contributed by atoms with Crippen molar-refractivity contribution in [1.82, 2.24) is 24.5 Å². The van der Waals surface area contributed by atoms with Gasteiger partial charge in [0.25, 0.3) is 5.91 Å². The molecule has 3 aromatic rings. The SMILES string of the molecule is CCC(C(=O)Nc1ncn(Cc2c(Cl)cccc2Cl)n1)n1nc([N+](=O)[O-])cc1C. The molecule has 3 rings (SSSR count). The number of rotatable bonds is 7.